The Labute approximate surface area is 139 Å². The average molecular weight is 338 g/mol. The lowest BCUT2D eigenvalue weighted by Gasteiger charge is -2.16. The van der Waals surface area contributed by atoms with Gasteiger partial charge in [-0.25, -0.2) is 12.7 Å². The molecule has 0 bridgehead atoms. The molecule has 0 aromatic heterocycles. The number of aryl methyl sites for hydroxylation is 2. The van der Waals surface area contributed by atoms with Gasteiger partial charge in [-0.1, -0.05) is 32.0 Å². The lowest BCUT2D eigenvalue weighted by molar-refractivity contribution is -0.115. The third kappa shape index (κ3) is 4.54. The number of carbonyl (C=O) groups excluding carboxylic acids is 1. The van der Waals surface area contributed by atoms with Gasteiger partial charge in [0.25, 0.3) is 0 Å². The molecular formula is C17H26N2O3S. The molecule has 1 aromatic carbocycles. The van der Waals surface area contributed by atoms with Crippen LogP contribution in [0.15, 0.2) is 18.2 Å². The van der Waals surface area contributed by atoms with Gasteiger partial charge in [0.2, 0.25) is 15.9 Å². The fourth-order valence-electron chi connectivity index (χ4n) is 2.92. The highest BCUT2D eigenvalue weighted by atomic mass is 32.2. The summed E-state index contributed by atoms with van der Waals surface area (Å²) in [6.45, 7) is 5.26. The molecule has 128 valence electrons. The van der Waals surface area contributed by atoms with Crippen LogP contribution in [-0.4, -0.2) is 37.5 Å². The van der Waals surface area contributed by atoms with Gasteiger partial charge in [0.15, 0.2) is 0 Å². The van der Waals surface area contributed by atoms with Crippen LogP contribution < -0.4 is 5.32 Å². The zero-order valence-corrected chi connectivity index (χ0v) is 14.8. The third-order valence-corrected chi connectivity index (χ3v) is 6.18. The average Bonchev–Trinajstić information content (AvgIpc) is 3.08. The molecule has 6 heteroatoms. The first-order chi connectivity index (χ1) is 11.0. The molecule has 1 aromatic rings. The van der Waals surface area contributed by atoms with E-state index in [9.17, 15) is 13.2 Å². The van der Waals surface area contributed by atoms with Crippen LogP contribution in [-0.2, 0) is 27.7 Å². The van der Waals surface area contributed by atoms with E-state index in [1.807, 2.05) is 32.0 Å². The summed E-state index contributed by atoms with van der Waals surface area (Å²) in [5.74, 6) is -0.349. The maximum Gasteiger partial charge on any atom is 0.225 e. The zero-order valence-electron chi connectivity index (χ0n) is 14.0. The molecule has 0 radical (unpaired) electrons. The van der Waals surface area contributed by atoms with Crippen molar-refractivity contribution < 1.29 is 13.2 Å². The van der Waals surface area contributed by atoms with E-state index in [4.69, 9.17) is 0 Å². The van der Waals surface area contributed by atoms with Gasteiger partial charge < -0.3 is 5.32 Å². The largest absolute Gasteiger partial charge is 0.326 e. The molecule has 0 unspecified atom stereocenters. The second kappa shape index (κ2) is 7.93. The van der Waals surface area contributed by atoms with Gasteiger partial charge >= 0.3 is 0 Å². The molecule has 1 amide bonds. The summed E-state index contributed by atoms with van der Waals surface area (Å²) in [7, 11) is -3.31. The molecule has 0 aliphatic carbocycles. The standard InChI is InChI=1S/C17H26N2O3S/c1-3-14-8-7-9-15(4-2)17(14)18-16(20)10-13-23(21,22)19-11-5-6-12-19/h7-9H,3-6,10-13H2,1-2H3,(H,18,20). The monoisotopic (exact) mass is 338 g/mol. The second-order valence-corrected chi connectivity index (χ2v) is 7.97. The molecule has 0 atom stereocenters. The number of amides is 1. The lowest BCUT2D eigenvalue weighted by Crippen LogP contribution is -2.31. The molecule has 5 nitrogen and oxygen atoms in total. The Balaban J connectivity index is 2.00. The van der Waals surface area contributed by atoms with Gasteiger partial charge in [0.05, 0.1) is 5.75 Å². The fourth-order valence-corrected chi connectivity index (χ4v) is 4.44. The fraction of sp³-hybridized carbons (Fsp3) is 0.588. The molecule has 0 saturated carbocycles. The Morgan fingerprint density at radius 1 is 1.13 bits per heavy atom. The van der Waals surface area contributed by atoms with Gasteiger partial charge in [-0.3, -0.25) is 4.79 Å². The Morgan fingerprint density at radius 3 is 2.22 bits per heavy atom. The van der Waals surface area contributed by atoms with Crippen LogP contribution in [0, 0.1) is 0 Å². The SMILES string of the molecule is CCc1cccc(CC)c1NC(=O)CCS(=O)(=O)N1CCCC1. The van der Waals surface area contributed by atoms with E-state index >= 15 is 0 Å². The highest BCUT2D eigenvalue weighted by Gasteiger charge is 2.25. The van der Waals surface area contributed by atoms with E-state index in [0.29, 0.717) is 13.1 Å². The van der Waals surface area contributed by atoms with Gasteiger partial charge in [-0.2, -0.15) is 0 Å². The van der Waals surface area contributed by atoms with Crippen molar-refractivity contribution in [3.63, 3.8) is 0 Å². The van der Waals surface area contributed by atoms with Crippen molar-refractivity contribution in [2.45, 2.75) is 46.0 Å². The predicted octanol–water partition coefficient (Wildman–Crippen LogP) is 2.57. The Morgan fingerprint density at radius 2 is 1.70 bits per heavy atom. The van der Waals surface area contributed by atoms with Crippen LogP contribution in [0.2, 0.25) is 0 Å². The van der Waals surface area contributed by atoms with E-state index in [1.165, 1.54) is 4.31 Å². The predicted molar refractivity (Wildman–Crippen MR) is 93.0 cm³/mol. The van der Waals surface area contributed by atoms with Crippen LogP contribution in [0.1, 0.15) is 44.2 Å². The minimum Gasteiger partial charge on any atom is -0.326 e. The first-order valence-electron chi connectivity index (χ1n) is 8.36. The second-order valence-electron chi connectivity index (χ2n) is 5.88. The summed E-state index contributed by atoms with van der Waals surface area (Å²) in [4.78, 5) is 12.2. The minimum atomic E-state index is -3.31. The Hall–Kier alpha value is -1.40. The van der Waals surface area contributed by atoms with Gasteiger partial charge in [0, 0.05) is 25.2 Å². The molecule has 1 fully saturated rings. The normalized spacial score (nSPS) is 15.7. The minimum absolute atomic E-state index is 0.0000359. The number of carbonyl (C=O) groups is 1. The summed E-state index contributed by atoms with van der Waals surface area (Å²) in [6, 6.07) is 5.98. The van der Waals surface area contributed by atoms with Crippen molar-refractivity contribution in [2.24, 2.45) is 0 Å². The number of benzene rings is 1. The van der Waals surface area contributed by atoms with Gasteiger partial charge in [0.1, 0.15) is 0 Å². The number of para-hydroxylation sites is 1. The lowest BCUT2D eigenvalue weighted by atomic mass is 10.0. The van der Waals surface area contributed by atoms with Gasteiger partial charge in [-0.15, -0.1) is 0 Å². The zero-order chi connectivity index (χ0) is 16.9. The van der Waals surface area contributed by atoms with Crippen molar-refractivity contribution in [1.82, 2.24) is 4.31 Å². The molecule has 1 saturated heterocycles. The Kier molecular flexibility index (Phi) is 6.18. The van der Waals surface area contributed by atoms with E-state index in [2.05, 4.69) is 5.32 Å². The summed E-state index contributed by atoms with van der Waals surface area (Å²) in [6.07, 6.45) is 3.48. The van der Waals surface area contributed by atoms with Crippen LogP contribution in [0.25, 0.3) is 0 Å². The molecule has 23 heavy (non-hydrogen) atoms. The number of hydrogen-bond acceptors (Lipinski definition) is 3. The maximum atomic E-state index is 12.2. The number of nitrogens with one attached hydrogen (secondary N) is 1. The van der Waals surface area contributed by atoms with Crippen LogP contribution in [0.3, 0.4) is 0 Å². The van der Waals surface area contributed by atoms with Crippen LogP contribution in [0.4, 0.5) is 5.69 Å². The first-order valence-corrected chi connectivity index (χ1v) is 9.97. The number of sulfonamides is 1. The molecule has 1 aliphatic heterocycles. The van der Waals surface area contributed by atoms with E-state index in [-0.39, 0.29) is 18.1 Å². The van der Waals surface area contributed by atoms with Crippen LogP contribution >= 0.6 is 0 Å². The van der Waals surface area contributed by atoms with Crippen molar-refractivity contribution in [3.05, 3.63) is 29.3 Å². The third-order valence-electron chi connectivity index (χ3n) is 4.31. The van der Waals surface area contributed by atoms with Crippen molar-refractivity contribution in [2.75, 3.05) is 24.2 Å². The molecule has 1 N–H and O–H groups in total. The first kappa shape index (κ1) is 17.9. The van der Waals surface area contributed by atoms with E-state index in [1.54, 1.807) is 0 Å². The van der Waals surface area contributed by atoms with Gasteiger partial charge in [-0.05, 0) is 36.8 Å². The quantitative estimate of drug-likeness (QED) is 0.831. The van der Waals surface area contributed by atoms with E-state index in [0.717, 1.165) is 42.5 Å². The number of anilines is 1. The van der Waals surface area contributed by atoms with Crippen molar-refractivity contribution in [3.8, 4) is 0 Å². The summed E-state index contributed by atoms with van der Waals surface area (Å²) >= 11 is 0. The molecular weight excluding hydrogens is 312 g/mol. The number of hydrogen-bond donors (Lipinski definition) is 1. The maximum absolute atomic E-state index is 12.2. The van der Waals surface area contributed by atoms with Crippen molar-refractivity contribution in [1.29, 1.82) is 0 Å². The molecule has 1 aliphatic rings. The summed E-state index contributed by atoms with van der Waals surface area (Å²) in [5, 5.41) is 2.92. The molecule has 1 heterocycles. The topological polar surface area (TPSA) is 66.5 Å². The highest BCUT2D eigenvalue weighted by Crippen LogP contribution is 2.23. The summed E-state index contributed by atoms with van der Waals surface area (Å²) < 4.78 is 25.9. The summed E-state index contributed by atoms with van der Waals surface area (Å²) in [5.41, 5.74) is 3.02. The molecule has 2 rings (SSSR count). The molecule has 0 spiro atoms. The number of nitrogens with zero attached hydrogens (tertiary/aromatic N) is 1. The Bertz CT molecular complexity index is 628. The van der Waals surface area contributed by atoms with Crippen LogP contribution in [0.5, 0.6) is 0 Å². The van der Waals surface area contributed by atoms with E-state index < -0.39 is 10.0 Å². The highest BCUT2D eigenvalue weighted by molar-refractivity contribution is 7.89. The number of rotatable bonds is 7. The van der Waals surface area contributed by atoms with Crippen molar-refractivity contribution >= 4 is 21.6 Å². The smallest absolute Gasteiger partial charge is 0.225 e.